The fourth-order valence-corrected chi connectivity index (χ4v) is 2.08. The van der Waals surface area contributed by atoms with Crippen LogP contribution in [-0.4, -0.2) is 9.78 Å². The standard InChI is InChI=1S/C11H15N3/c1-11(2,3)14-10-6-4-5-8(10)9(7-12)13-14/h4-6H2,1-3H3. The number of hydrogen-bond donors (Lipinski definition) is 0. The van der Waals surface area contributed by atoms with Crippen molar-refractivity contribution in [1.82, 2.24) is 9.78 Å². The van der Waals surface area contributed by atoms with E-state index in [2.05, 4.69) is 31.9 Å². The van der Waals surface area contributed by atoms with Crippen LogP contribution in [0.2, 0.25) is 0 Å². The zero-order chi connectivity index (χ0) is 10.3. The van der Waals surface area contributed by atoms with Gasteiger partial charge in [0.15, 0.2) is 5.69 Å². The van der Waals surface area contributed by atoms with Gasteiger partial charge in [0.1, 0.15) is 6.07 Å². The van der Waals surface area contributed by atoms with Crippen molar-refractivity contribution in [3.8, 4) is 6.07 Å². The number of fused-ring (bicyclic) bond motifs is 1. The molecule has 0 saturated heterocycles. The lowest BCUT2D eigenvalue weighted by atomic mass is 10.1. The fourth-order valence-electron chi connectivity index (χ4n) is 2.08. The molecule has 74 valence electrons. The number of rotatable bonds is 0. The quantitative estimate of drug-likeness (QED) is 0.626. The molecule has 14 heavy (non-hydrogen) atoms. The van der Waals surface area contributed by atoms with Crippen LogP contribution < -0.4 is 0 Å². The van der Waals surface area contributed by atoms with Crippen molar-refractivity contribution in [1.29, 1.82) is 5.26 Å². The highest BCUT2D eigenvalue weighted by molar-refractivity contribution is 5.38. The molecule has 0 spiro atoms. The Morgan fingerprint density at radius 3 is 2.64 bits per heavy atom. The summed E-state index contributed by atoms with van der Waals surface area (Å²) in [6.07, 6.45) is 3.26. The van der Waals surface area contributed by atoms with E-state index in [0.29, 0.717) is 5.69 Å². The lowest BCUT2D eigenvalue weighted by molar-refractivity contribution is 0.343. The van der Waals surface area contributed by atoms with Crippen molar-refractivity contribution in [3.63, 3.8) is 0 Å². The molecular formula is C11H15N3. The second-order valence-electron chi connectivity index (χ2n) is 4.82. The largest absolute Gasteiger partial charge is 0.263 e. The van der Waals surface area contributed by atoms with E-state index in [9.17, 15) is 0 Å². The van der Waals surface area contributed by atoms with Gasteiger partial charge in [0.25, 0.3) is 0 Å². The van der Waals surface area contributed by atoms with E-state index >= 15 is 0 Å². The van der Waals surface area contributed by atoms with E-state index in [1.165, 1.54) is 11.3 Å². The summed E-state index contributed by atoms with van der Waals surface area (Å²) in [6, 6.07) is 2.19. The van der Waals surface area contributed by atoms with Crippen LogP contribution in [-0.2, 0) is 18.4 Å². The monoisotopic (exact) mass is 189 g/mol. The molecule has 1 aliphatic rings. The van der Waals surface area contributed by atoms with Crippen LogP contribution in [0.4, 0.5) is 0 Å². The number of nitriles is 1. The summed E-state index contributed by atoms with van der Waals surface area (Å²) in [6.45, 7) is 6.37. The molecule has 0 N–H and O–H groups in total. The van der Waals surface area contributed by atoms with Gasteiger partial charge in [-0.25, -0.2) is 0 Å². The lowest BCUT2D eigenvalue weighted by Crippen LogP contribution is -2.25. The van der Waals surface area contributed by atoms with Crippen molar-refractivity contribution >= 4 is 0 Å². The minimum Gasteiger partial charge on any atom is -0.263 e. The Hall–Kier alpha value is -1.30. The second kappa shape index (κ2) is 2.84. The molecule has 2 rings (SSSR count). The molecule has 1 heterocycles. The summed E-state index contributed by atoms with van der Waals surface area (Å²) >= 11 is 0. The first-order chi connectivity index (χ1) is 6.54. The number of aromatic nitrogens is 2. The Balaban J connectivity index is 2.60. The zero-order valence-electron chi connectivity index (χ0n) is 8.96. The van der Waals surface area contributed by atoms with Crippen molar-refractivity contribution in [2.24, 2.45) is 0 Å². The first kappa shape index (κ1) is 9.26. The SMILES string of the molecule is CC(C)(C)n1nc(C#N)c2c1CCC2. The van der Waals surface area contributed by atoms with E-state index in [-0.39, 0.29) is 5.54 Å². The molecule has 3 nitrogen and oxygen atoms in total. The van der Waals surface area contributed by atoms with Gasteiger partial charge in [-0.05, 0) is 40.0 Å². The first-order valence-electron chi connectivity index (χ1n) is 5.05. The Labute approximate surface area is 84.3 Å². The Bertz CT molecular complexity index is 401. The summed E-state index contributed by atoms with van der Waals surface area (Å²) in [4.78, 5) is 0. The first-order valence-corrected chi connectivity index (χ1v) is 5.05. The Morgan fingerprint density at radius 1 is 1.36 bits per heavy atom. The lowest BCUT2D eigenvalue weighted by Gasteiger charge is -2.21. The minimum atomic E-state index is -0.0104. The average Bonchev–Trinajstić information content (AvgIpc) is 2.59. The zero-order valence-corrected chi connectivity index (χ0v) is 8.96. The van der Waals surface area contributed by atoms with E-state index in [1.807, 2.05) is 4.68 Å². The molecule has 0 atom stereocenters. The van der Waals surface area contributed by atoms with Crippen LogP contribution >= 0.6 is 0 Å². The molecule has 0 saturated carbocycles. The predicted octanol–water partition coefficient (Wildman–Crippen LogP) is 2.00. The molecule has 3 heteroatoms. The van der Waals surface area contributed by atoms with Crippen LogP contribution in [0.1, 0.15) is 44.1 Å². The second-order valence-corrected chi connectivity index (χ2v) is 4.82. The summed E-state index contributed by atoms with van der Waals surface area (Å²) in [7, 11) is 0. The van der Waals surface area contributed by atoms with E-state index in [1.54, 1.807) is 0 Å². The summed E-state index contributed by atoms with van der Waals surface area (Å²) in [5.41, 5.74) is 3.08. The molecule has 1 aromatic rings. The third-order valence-electron chi connectivity index (χ3n) is 2.67. The van der Waals surface area contributed by atoms with Gasteiger partial charge >= 0.3 is 0 Å². The van der Waals surface area contributed by atoms with Gasteiger partial charge in [0.05, 0.1) is 5.54 Å². The summed E-state index contributed by atoms with van der Waals surface area (Å²) < 4.78 is 2.02. The van der Waals surface area contributed by atoms with Gasteiger partial charge in [-0.1, -0.05) is 0 Å². The molecule has 0 amide bonds. The van der Waals surface area contributed by atoms with Crippen molar-refractivity contribution in [2.45, 2.75) is 45.6 Å². The van der Waals surface area contributed by atoms with E-state index < -0.39 is 0 Å². The highest BCUT2D eigenvalue weighted by Crippen LogP contribution is 2.28. The molecule has 0 aromatic carbocycles. The Kier molecular flexibility index (Phi) is 1.88. The minimum absolute atomic E-state index is 0.0104. The summed E-state index contributed by atoms with van der Waals surface area (Å²) in [5.74, 6) is 0. The fraction of sp³-hybridized carbons (Fsp3) is 0.636. The van der Waals surface area contributed by atoms with Gasteiger partial charge in [-0.15, -0.1) is 0 Å². The Morgan fingerprint density at radius 2 is 2.07 bits per heavy atom. The van der Waals surface area contributed by atoms with Gasteiger partial charge in [0, 0.05) is 11.3 Å². The summed E-state index contributed by atoms with van der Waals surface area (Å²) in [5, 5.41) is 13.3. The molecule has 0 unspecified atom stereocenters. The van der Waals surface area contributed by atoms with Crippen molar-refractivity contribution in [3.05, 3.63) is 17.0 Å². The van der Waals surface area contributed by atoms with Gasteiger partial charge < -0.3 is 0 Å². The number of hydrogen-bond acceptors (Lipinski definition) is 2. The van der Waals surface area contributed by atoms with Crippen LogP contribution in [0, 0.1) is 11.3 Å². The van der Waals surface area contributed by atoms with Gasteiger partial charge in [0.2, 0.25) is 0 Å². The molecular weight excluding hydrogens is 174 g/mol. The third-order valence-corrected chi connectivity index (χ3v) is 2.67. The van der Waals surface area contributed by atoms with Crippen molar-refractivity contribution < 1.29 is 0 Å². The maximum absolute atomic E-state index is 8.95. The highest BCUT2D eigenvalue weighted by atomic mass is 15.3. The topological polar surface area (TPSA) is 41.6 Å². The van der Waals surface area contributed by atoms with Crippen LogP contribution in [0.3, 0.4) is 0 Å². The number of nitrogens with zero attached hydrogens (tertiary/aromatic N) is 3. The molecule has 0 aliphatic heterocycles. The van der Waals surface area contributed by atoms with E-state index in [4.69, 9.17) is 5.26 Å². The van der Waals surface area contributed by atoms with Crippen molar-refractivity contribution in [2.75, 3.05) is 0 Å². The maximum Gasteiger partial charge on any atom is 0.165 e. The van der Waals surface area contributed by atoms with Crippen LogP contribution in [0.15, 0.2) is 0 Å². The molecule has 0 radical (unpaired) electrons. The van der Waals surface area contributed by atoms with E-state index in [0.717, 1.165) is 19.3 Å². The molecule has 1 aromatic heterocycles. The highest BCUT2D eigenvalue weighted by Gasteiger charge is 2.27. The van der Waals surface area contributed by atoms with Gasteiger partial charge in [-0.2, -0.15) is 10.4 Å². The molecule has 0 bridgehead atoms. The molecule has 0 fully saturated rings. The maximum atomic E-state index is 8.95. The normalized spacial score (nSPS) is 15.3. The van der Waals surface area contributed by atoms with Crippen LogP contribution in [0.25, 0.3) is 0 Å². The molecule has 1 aliphatic carbocycles. The smallest absolute Gasteiger partial charge is 0.165 e. The van der Waals surface area contributed by atoms with Crippen LogP contribution in [0.5, 0.6) is 0 Å². The third kappa shape index (κ3) is 1.22. The average molecular weight is 189 g/mol. The van der Waals surface area contributed by atoms with Gasteiger partial charge in [-0.3, -0.25) is 4.68 Å². The predicted molar refractivity (Wildman–Crippen MR) is 54.0 cm³/mol.